The Balaban J connectivity index is 0.000000750. The van der Waals surface area contributed by atoms with Gasteiger partial charge < -0.3 is 4.98 Å². The monoisotopic (exact) mass is 184 g/mol. The Bertz CT molecular complexity index is 517. The Kier molecular flexibility index (Phi) is 1.97. The van der Waals surface area contributed by atoms with Gasteiger partial charge in [-0.25, -0.2) is 4.98 Å². The van der Waals surface area contributed by atoms with Crippen molar-refractivity contribution in [3.63, 3.8) is 0 Å². The van der Waals surface area contributed by atoms with Crippen LogP contribution in [-0.2, 0) is 0 Å². The maximum atomic E-state index is 4.21. The summed E-state index contributed by atoms with van der Waals surface area (Å²) in [6, 6.07) is 12.5. The molecular formula is C12H12N2. The molecule has 0 bridgehead atoms. The molecule has 0 unspecified atom stereocenters. The molecule has 70 valence electrons. The molecule has 0 spiro atoms. The van der Waals surface area contributed by atoms with E-state index in [0.29, 0.717) is 0 Å². The number of benzene rings is 2. The molecule has 0 saturated carbocycles. The Morgan fingerprint density at radius 2 is 1.71 bits per heavy atom. The number of nitrogens with one attached hydrogen (secondary N) is 1. The normalized spacial score (nSPS) is 10.3. The van der Waals surface area contributed by atoms with E-state index in [4.69, 9.17) is 0 Å². The van der Waals surface area contributed by atoms with Gasteiger partial charge in [0.1, 0.15) is 0 Å². The Hall–Kier alpha value is -1.83. The molecule has 14 heavy (non-hydrogen) atoms. The zero-order valence-electron chi connectivity index (χ0n) is 6.99. The summed E-state index contributed by atoms with van der Waals surface area (Å²) < 4.78 is 0. The average Bonchev–Trinajstić information content (AvgIpc) is 2.61. The number of aromatic nitrogens is 2. The van der Waals surface area contributed by atoms with Crippen molar-refractivity contribution < 1.29 is 0 Å². The first-order valence-corrected chi connectivity index (χ1v) is 4.25. The highest BCUT2D eigenvalue weighted by molar-refractivity contribution is 5.94. The number of nitrogens with zero attached hydrogens (tertiary/aromatic N) is 1. The van der Waals surface area contributed by atoms with E-state index >= 15 is 0 Å². The number of fused-ring (bicyclic) bond motifs is 2. The zero-order valence-corrected chi connectivity index (χ0v) is 6.99. The second kappa shape index (κ2) is 3.14. The van der Waals surface area contributed by atoms with E-state index in [9.17, 15) is 0 Å². The van der Waals surface area contributed by atoms with Gasteiger partial charge in [-0.1, -0.05) is 31.7 Å². The van der Waals surface area contributed by atoms with E-state index in [1.54, 1.807) is 6.33 Å². The summed E-state index contributed by atoms with van der Waals surface area (Å²) in [5.74, 6) is 0. The molecule has 1 heterocycles. The van der Waals surface area contributed by atoms with E-state index in [0.717, 1.165) is 11.0 Å². The molecule has 3 rings (SSSR count). The van der Waals surface area contributed by atoms with Crippen molar-refractivity contribution in [1.82, 2.24) is 9.97 Å². The first-order valence-electron chi connectivity index (χ1n) is 4.25. The summed E-state index contributed by atoms with van der Waals surface area (Å²) in [5.41, 5.74) is 2.12. The lowest BCUT2D eigenvalue weighted by Gasteiger charge is -1.95. The van der Waals surface area contributed by atoms with Crippen molar-refractivity contribution in [1.29, 1.82) is 0 Å². The summed E-state index contributed by atoms with van der Waals surface area (Å²) in [6.07, 6.45) is 1.73. The minimum absolute atomic E-state index is 0. The zero-order chi connectivity index (χ0) is 8.67. The molecule has 0 atom stereocenters. The predicted octanol–water partition coefficient (Wildman–Crippen LogP) is 3.35. The summed E-state index contributed by atoms with van der Waals surface area (Å²) in [7, 11) is 0. The predicted molar refractivity (Wildman–Crippen MR) is 60.3 cm³/mol. The molecule has 0 aliphatic rings. The highest BCUT2D eigenvalue weighted by atomic mass is 14.9. The molecule has 1 N–H and O–H groups in total. The van der Waals surface area contributed by atoms with Gasteiger partial charge in [-0.3, -0.25) is 0 Å². The smallest absolute Gasteiger partial charge is 0.0931 e. The Labute approximate surface area is 82.6 Å². The van der Waals surface area contributed by atoms with Crippen LogP contribution < -0.4 is 0 Å². The van der Waals surface area contributed by atoms with Crippen LogP contribution >= 0.6 is 0 Å². The number of H-pyrrole nitrogens is 1. The molecule has 0 amide bonds. The van der Waals surface area contributed by atoms with Crippen LogP contribution in [0.4, 0.5) is 0 Å². The summed E-state index contributed by atoms with van der Waals surface area (Å²) in [6.45, 7) is 0. The van der Waals surface area contributed by atoms with Crippen molar-refractivity contribution in [3.05, 3.63) is 42.7 Å². The number of imidazole rings is 1. The SMILES string of the molecule is C.c1ccc2cc3[nH]cnc3cc2c1. The maximum Gasteiger partial charge on any atom is 0.0931 e. The van der Waals surface area contributed by atoms with Gasteiger partial charge in [-0.05, 0) is 22.9 Å². The van der Waals surface area contributed by atoms with Gasteiger partial charge in [0.25, 0.3) is 0 Å². The quantitative estimate of drug-likeness (QED) is 0.570. The number of aromatic amines is 1. The third-order valence-corrected chi connectivity index (χ3v) is 2.29. The molecule has 1 aromatic heterocycles. The molecule has 0 aliphatic heterocycles. The average molecular weight is 184 g/mol. The molecule has 0 aliphatic carbocycles. The van der Waals surface area contributed by atoms with E-state index in [1.807, 2.05) is 12.1 Å². The first-order chi connectivity index (χ1) is 6.43. The van der Waals surface area contributed by atoms with Crippen LogP contribution in [0.15, 0.2) is 42.7 Å². The van der Waals surface area contributed by atoms with Crippen molar-refractivity contribution in [3.8, 4) is 0 Å². The summed E-state index contributed by atoms with van der Waals surface area (Å²) >= 11 is 0. The van der Waals surface area contributed by atoms with Gasteiger partial charge in [0.15, 0.2) is 0 Å². The van der Waals surface area contributed by atoms with E-state index in [2.05, 4.69) is 34.2 Å². The lowest BCUT2D eigenvalue weighted by molar-refractivity contribution is 1.34. The summed E-state index contributed by atoms with van der Waals surface area (Å²) in [4.78, 5) is 7.31. The maximum absolute atomic E-state index is 4.21. The van der Waals surface area contributed by atoms with Crippen LogP contribution in [-0.4, -0.2) is 9.97 Å². The van der Waals surface area contributed by atoms with Crippen molar-refractivity contribution in [2.45, 2.75) is 7.43 Å². The molecule has 3 aromatic rings. The Morgan fingerprint density at radius 3 is 2.50 bits per heavy atom. The van der Waals surface area contributed by atoms with Gasteiger partial charge in [-0.2, -0.15) is 0 Å². The number of hydrogen-bond acceptors (Lipinski definition) is 1. The van der Waals surface area contributed by atoms with Crippen LogP contribution in [0.5, 0.6) is 0 Å². The lowest BCUT2D eigenvalue weighted by atomic mass is 10.1. The largest absolute Gasteiger partial charge is 0.345 e. The summed E-state index contributed by atoms with van der Waals surface area (Å²) in [5, 5.41) is 2.49. The molecule has 0 fully saturated rings. The van der Waals surface area contributed by atoms with Crippen molar-refractivity contribution in [2.24, 2.45) is 0 Å². The highest BCUT2D eigenvalue weighted by Crippen LogP contribution is 2.19. The van der Waals surface area contributed by atoms with Crippen molar-refractivity contribution >= 4 is 21.8 Å². The minimum atomic E-state index is 0. The van der Waals surface area contributed by atoms with Gasteiger partial charge in [0, 0.05) is 0 Å². The number of hydrogen-bond donors (Lipinski definition) is 1. The second-order valence-electron chi connectivity index (χ2n) is 3.12. The van der Waals surface area contributed by atoms with Crippen LogP contribution in [0, 0.1) is 0 Å². The van der Waals surface area contributed by atoms with E-state index in [1.165, 1.54) is 10.8 Å². The van der Waals surface area contributed by atoms with Gasteiger partial charge >= 0.3 is 0 Å². The topological polar surface area (TPSA) is 28.7 Å². The Morgan fingerprint density at radius 1 is 1.00 bits per heavy atom. The van der Waals surface area contributed by atoms with Crippen molar-refractivity contribution in [2.75, 3.05) is 0 Å². The first kappa shape index (κ1) is 8.75. The van der Waals surface area contributed by atoms with Crippen LogP contribution in [0.25, 0.3) is 21.8 Å². The molecule has 2 heteroatoms. The van der Waals surface area contributed by atoms with Gasteiger partial charge in [0.05, 0.1) is 17.4 Å². The second-order valence-corrected chi connectivity index (χ2v) is 3.12. The van der Waals surface area contributed by atoms with E-state index in [-0.39, 0.29) is 7.43 Å². The lowest BCUT2D eigenvalue weighted by Crippen LogP contribution is -1.73. The molecular weight excluding hydrogens is 172 g/mol. The van der Waals surface area contributed by atoms with E-state index < -0.39 is 0 Å². The molecule has 0 saturated heterocycles. The fraction of sp³-hybridized carbons (Fsp3) is 0.0833. The van der Waals surface area contributed by atoms with Gasteiger partial charge in [0.2, 0.25) is 0 Å². The molecule has 2 aromatic carbocycles. The van der Waals surface area contributed by atoms with Gasteiger partial charge in [-0.15, -0.1) is 0 Å². The standard InChI is InChI=1S/C11H8N2.CH4/c1-2-4-9-6-11-10(12-7-13-11)5-8(9)3-1;/h1-7H,(H,12,13);1H4. The molecule has 0 radical (unpaired) electrons. The fourth-order valence-corrected chi connectivity index (χ4v) is 1.62. The number of rotatable bonds is 0. The third-order valence-electron chi connectivity index (χ3n) is 2.29. The third kappa shape index (κ3) is 1.16. The minimum Gasteiger partial charge on any atom is -0.345 e. The highest BCUT2D eigenvalue weighted by Gasteiger charge is 1.97. The fourth-order valence-electron chi connectivity index (χ4n) is 1.62. The van der Waals surface area contributed by atoms with Crippen LogP contribution in [0.2, 0.25) is 0 Å². The molecule has 2 nitrogen and oxygen atoms in total. The van der Waals surface area contributed by atoms with Crippen LogP contribution in [0.1, 0.15) is 7.43 Å². The van der Waals surface area contributed by atoms with Crippen LogP contribution in [0.3, 0.4) is 0 Å².